The number of para-hydroxylation sites is 1. The molecule has 1 amide bonds. The molecule has 3 nitrogen and oxygen atoms in total. The molecule has 21 heavy (non-hydrogen) atoms. The van der Waals surface area contributed by atoms with Gasteiger partial charge in [0.1, 0.15) is 0 Å². The second-order valence-electron chi connectivity index (χ2n) is 5.07. The molecule has 0 aromatic heterocycles. The van der Waals surface area contributed by atoms with E-state index in [1.165, 1.54) is 0 Å². The molecule has 1 aromatic rings. The van der Waals surface area contributed by atoms with Crippen LogP contribution in [0.15, 0.2) is 18.2 Å². The molecule has 0 spiro atoms. The fourth-order valence-corrected chi connectivity index (χ4v) is 2.55. The molecule has 4 heteroatoms. The first kappa shape index (κ1) is 18.0. The third-order valence-corrected chi connectivity index (χ3v) is 3.90. The number of benzene rings is 1. The zero-order valence-corrected chi connectivity index (χ0v) is 14.2. The fourth-order valence-electron chi connectivity index (χ4n) is 2.31. The SMILES string of the molecule is CCCCOC(Cl)C(=O)N(C)c1c(CC)cccc1CC. The van der Waals surface area contributed by atoms with Gasteiger partial charge in [-0.1, -0.05) is 57.0 Å². The maximum absolute atomic E-state index is 12.4. The summed E-state index contributed by atoms with van der Waals surface area (Å²) in [5, 5.41) is 0. The van der Waals surface area contributed by atoms with Gasteiger partial charge in [0, 0.05) is 19.3 Å². The maximum atomic E-state index is 12.4. The molecule has 0 N–H and O–H groups in total. The van der Waals surface area contributed by atoms with Gasteiger partial charge in [0.15, 0.2) is 0 Å². The molecule has 0 heterocycles. The van der Waals surface area contributed by atoms with Crippen molar-refractivity contribution in [1.82, 2.24) is 0 Å². The number of carbonyl (C=O) groups is 1. The number of amides is 1. The van der Waals surface area contributed by atoms with Gasteiger partial charge in [0.05, 0.1) is 0 Å². The number of rotatable bonds is 8. The van der Waals surface area contributed by atoms with Gasteiger partial charge in [-0.25, -0.2) is 0 Å². The van der Waals surface area contributed by atoms with Crippen LogP contribution in [0.2, 0.25) is 0 Å². The Morgan fingerprint density at radius 1 is 1.24 bits per heavy atom. The minimum Gasteiger partial charge on any atom is -0.353 e. The Hall–Kier alpha value is -1.06. The van der Waals surface area contributed by atoms with Crippen LogP contribution in [0.1, 0.15) is 44.7 Å². The molecule has 0 radical (unpaired) electrons. The number of carbonyl (C=O) groups excluding carboxylic acids is 1. The van der Waals surface area contributed by atoms with Crippen LogP contribution < -0.4 is 4.90 Å². The van der Waals surface area contributed by atoms with Crippen LogP contribution in [-0.4, -0.2) is 25.1 Å². The van der Waals surface area contributed by atoms with Gasteiger partial charge in [0.2, 0.25) is 5.56 Å². The van der Waals surface area contributed by atoms with Crippen molar-refractivity contribution in [3.05, 3.63) is 29.3 Å². The molecule has 0 fully saturated rings. The zero-order valence-electron chi connectivity index (χ0n) is 13.5. The molecule has 0 aliphatic carbocycles. The van der Waals surface area contributed by atoms with E-state index in [1.807, 2.05) is 6.07 Å². The van der Waals surface area contributed by atoms with E-state index in [9.17, 15) is 4.79 Å². The smallest absolute Gasteiger partial charge is 0.271 e. The highest BCUT2D eigenvalue weighted by atomic mass is 35.5. The summed E-state index contributed by atoms with van der Waals surface area (Å²) in [5.74, 6) is -0.205. The van der Waals surface area contributed by atoms with Crippen LogP contribution in [0.4, 0.5) is 5.69 Å². The molecule has 1 aromatic carbocycles. The predicted molar refractivity (Wildman–Crippen MR) is 89.1 cm³/mol. The molecule has 1 unspecified atom stereocenters. The Bertz CT molecular complexity index is 440. The van der Waals surface area contributed by atoms with Crippen molar-refractivity contribution >= 4 is 23.2 Å². The van der Waals surface area contributed by atoms with Crippen LogP contribution in [0, 0.1) is 0 Å². The van der Waals surface area contributed by atoms with E-state index >= 15 is 0 Å². The number of aryl methyl sites for hydroxylation is 2. The number of halogens is 1. The quantitative estimate of drug-likeness (QED) is 0.533. The second kappa shape index (κ2) is 9.06. The molecule has 0 aliphatic heterocycles. The Kier molecular flexibility index (Phi) is 7.76. The summed E-state index contributed by atoms with van der Waals surface area (Å²) in [4.78, 5) is 14.1. The van der Waals surface area contributed by atoms with Crippen LogP contribution in [0.5, 0.6) is 0 Å². The molecule has 0 saturated heterocycles. The number of likely N-dealkylation sites (N-methyl/N-ethyl adjacent to an activating group) is 1. The van der Waals surface area contributed by atoms with E-state index in [-0.39, 0.29) is 5.91 Å². The second-order valence-corrected chi connectivity index (χ2v) is 5.47. The van der Waals surface area contributed by atoms with E-state index in [0.29, 0.717) is 6.61 Å². The minimum atomic E-state index is -0.920. The van der Waals surface area contributed by atoms with Crippen molar-refractivity contribution in [2.24, 2.45) is 0 Å². The maximum Gasteiger partial charge on any atom is 0.271 e. The summed E-state index contributed by atoms with van der Waals surface area (Å²) in [6.45, 7) is 6.77. The van der Waals surface area contributed by atoms with Crippen LogP contribution in [0.25, 0.3) is 0 Å². The highest BCUT2D eigenvalue weighted by Crippen LogP contribution is 2.27. The van der Waals surface area contributed by atoms with Gasteiger partial charge in [-0.05, 0) is 30.4 Å². The molecule has 1 atom stereocenters. The third-order valence-electron chi connectivity index (χ3n) is 3.59. The largest absolute Gasteiger partial charge is 0.353 e. The van der Waals surface area contributed by atoms with Gasteiger partial charge in [-0.15, -0.1) is 0 Å². The van der Waals surface area contributed by atoms with Crippen molar-refractivity contribution in [3.8, 4) is 0 Å². The lowest BCUT2D eigenvalue weighted by atomic mass is 10.0. The van der Waals surface area contributed by atoms with Crippen molar-refractivity contribution in [1.29, 1.82) is 0 Å². The normalized spacial score (nSPS) is 12.2. The van der Waals surface area contributed by atoms with Crippen LogP contribution in [-0.2, 0) is 22.4 Å². The topological polar surface area (TPSA) is 29.5 Å². The first-order valence-electron chi connectivity index (χ1n) is 7.70. The van der Waals surface area contributed by atoms with Crippen LogP contribution >= 0.6 is 11.6 Å². The van der Waals surface area contributed by atoms with Crippen molar-refractivity contribution in [3.63, 3.8) is 0 Å². The summed E-state index contributed by atoms with van der Waals surface area (Å²) < 4.78 is 5.41. The van der Waals surface area contributed by atoms with Crippen molar-refractivity contribution in [2.75, 3.05) is 18.6 Å². The molecule has 0 aliphatic rings. The first-order chi connectivity index (χ1) is 10.1. The standard InChI is InChI=1S/C17H26ClNO2/c1-5-8-12-21-16(18)17(20)19(4)15-13(6-2)10-9-11-14(15)7-3/h9-11,16H,5-8,12H2,1-4H3. The Labute approximate surface area is 133 Å². The van der Waals surface area contributed by atoms with Gasteiger partial charge < -0.3 is 9.64 Å². The number of hydrogen-bond acceptors (Lipinski definition) is 2. The van der Waals surface area contributed by atoms with Crippen molar-refractivity contribution in [2.45, 2.75) is 52.0 Å². The van der Waals surface area contributed by atoms with Gasteiger partial charge >= 0.3 is 0 Å². The number of anilines is 1. The highest BCUT2D eigenvalue weighted by molar-refractivity contribution is 6.31. The monoisotopic (exact) mass is 311 g/mol. The molecule has 118 valence electrons. The van der Waals surface area contributed by atoms with E-state index in [2.05, 4.69) is 32.9 Å². The third kappa shape index (κ3) is 4.72. The average molecular weight is 312 g/mol. The van der Waals surface area contributed by atoms with E-state index in [0.717, 1.165) is 42.5 Å². The number of unbranched alkanes of at least 4 members (excludes halogenated alkanes) is 1. The lowest BCUT2D eigenvalue weighted by molar-refractivity contribution is -0.125. The number of alkyl halides is 1. The first-order valence-corrected chi connectivity index (χ1v) is 8.14. The molecular formula is C17H26ClNO2. The molecule has 0 saturated carbocycles. The lowest BCUT2D eigenvalue weighted by Crippen LogP contribution is -2.36. The zero-order chi connectivity index (χ0) is 15.8. The van der Waals surface area contributed by atoms with Gasteiger partial charge in [-0.2, -0.15) is 0 Å². The summed E-state index contributed by atoms with van der Waals surface area (Å²) in [6, 6.07) is 6.15. The van der Waals surface area contributed by atoms with Crippen LogP contribution in [0.3, 0.4) is 0 Å². The fraction of sp³-hybridized carbons (Fsp3) is 0.588. The predicted octanol–water partition coefficient (Wildman–Crippen LogP) is 4.16. The average Bonchev–Trinajstić information content (AvgIpc) is 2.52. The summed E-state index contributed by atoms with van der Waals surface area (Å²) in [5.41, 5.74) is 2.36. The highest BCUT2D eigenvalue weighted by Gasteiger charge is 2.24. The molecule has 1 rings (SSSR count). The lowest BCUT2D eigenvalue weighted by Gasteiger charge is -2.25. The minimum absolute atomic E-state index is 0.205. The molecule has 0 bridgehead atoms. The van der Waals surface area contributed by atoms with E-state index in [1.54, 1.807) is 11.9 Å². The number of hydrogen-bond donors (Lipinski definition) is 0. The van der Waals surface area contributed by atoms with E-state index < -0.39 is 5.56 Å². The Morgan fingerprint density at radius 3 is 2.29 bits per heavy atom. The Morgan fingerprint density at radius 2 is 1.81 bits per heavy atom. The van der Waals surface area contributed by atoms with Crippen molar-refractivity contribution < 1.29 is 9.53 Å². The van der Waals surface area contributed by atoms with Gasteiger partial charge in [0.25, 0.3) is 5.91 Å². The number of nitrogens with zero attached hydrogens (tertiary/aromatic N) is 1. The Balaban J connectivity index is 2.91. The summed E-state index contributed by atoms with van der Waals surface area (Å²) in [7, 11) is 1.77. The number of ether oxygens (including phenoxy) is 1. The van der Waals surface area contributed by atoms with Gasteiger partial charge in [-0.3, -0.25) is 4.79 Å². The summed E-state index contributed by atoms with van der Waals surface area (Å²) in [6.07, 6.45) is 3.69. The molecular weight excluding hydrogens is 286 g/mol. The summed E-state index contributed by atoms with van der Waals surface area (Å²) >= 11 is 6.09. The van der Waals surface area contributed by atoms with E-state index in [4.69, 9.17) is 16.3 Å².